The van der Waals surface area contributed by atoms with Crippen molar-refractivity contribution in [3.63, 3.8) is 0 Å². The molecule has 0 saturated carbocycles. The molecule has 1 atom stereocenters. The quantitative estimate of drug-likeness (QED) is 0.546. The summed E-state index contributed by atoms with van der Waals surface area (Å²) in [5.74, 6) is -1.11. The second-order valence-electron chi connectivity index (χ2n) is 2.92. The second-order valence-corrected chi connectivity index (χ2v) is 2.92. The highest BCUT2D eigenvalue weighted by Gasteiger charge is 2.15. The maximum Gasteiger partial charge on any atom is 0.358 e. The van der Waals surface area contributed by atoms with Gasteiger partial charge in [-0.25, -0.2) is 9.90 Å². The van der Waals surface area contributed by atoms with Gasteiger partial charge in [0.25, 0.3) is 0 Å². The van der Waals surface area contributed by atoms with Crippen LogP contribution >= 0.6 is 0 Å². The number of rotatable bonds is 6. The van der Waals surface area contributed by atoms with E-state index in [1.165, 1.54) is 0 Å². The van der Waals surface area contributed by atoms with Gasteiger partial charge in [0.1, 0.15) is 0 Å². The van der Waals surface area contributed by atoms with Crippen molar-refractivity contribution in [2.75, 3.05) is 0 Å². The molecule has 0 aromatic carbocycles. The second kappa shape index (κ2) is 6.20. The van der Waals surface area contributed by atoms with E-state index in [-0.39, 0.29) is 5.92 Å². The molecule has 0 amide bonds. The Kier molecular flexibility index (Phi) is 5.90. The highest BCUT2D eigenvalue weighted by molar-refractivity contribution is 5.69. The van der Waals surface area contributed by atoms with E-state index >= 15 is 0 Å². The van der Waals surface area contributed by atoms with Gasteiger partial charge in [-0.3, -0.25) is 0 Å². The third-order valence-electron chi connectivity index (χ3n) is 1.98. The van der Waals surface area contributed by atoms with Crippen LogP contribution in [0.5, 0.6) is 0 Å². The Morgan fingerprint density at radius 3 is 2.27 bits per heavy atom. The molecule has 0 N–H and O–H groups in total. The number of hydrogen-bond acceptors (Lipinski definition) is 1. The molecule has 0 aromatic rings. The molecule has 0 fully saturated rings. The Bertz CT molecular complexity index is 110. The van der Waals surface area contributed by atoms with Gasteiger partial charge in [0, 0.05) is 0 Å². The van der Waals surface area contributed by atoms with Crippen molar-refractivity contribution >= 4 is 5.97 Å². The third-order valence-corrected chi connectivity index (χ3v) is 1.98. The lowest BCUT2D eigenvalue weighted by Crippen LogP contribution is -2.10. The molecule has 2 nitrogen and oxygen atoms in total. The smallest absolute Gasteiger partial charge is 0.247 e. The van der Waals surface area contributed by atoms with Gasteiger partial charge in [0.2, 0.25) is 0 Å². The molecule has 0 aliphatic rings. The number of carbonyl (C=O) groups is 1. The molecule has 1 unspecified atom stereocenters. The highest BCUT2D eigenvalue weighted by atomic mass is 16.4. The van der Waals surface area contributed by atoms with Gasteiger partial charge < -0.3 is 0 Å². The Morgan fingerprint density at radius 2 is 1.91 bits per heavy atom. The lowest BCUT2D eigenvalue weighted by atomic mass is 9.99. The summed E-state index contributed by atoms with van der Waals surface area (Å²) >= 11 is 0. The number of unbranched alkanes of at least 4 members (excludes halogenated alkanes) is 2. The van der Waals surface area contributed by atoms with Crippen molar-refractivity contribution in [3.8, 4) is 0 Å². The van der Waals surface area contributed by atoms with E-state index in [2.05, 4.69) is 6.92 Å². The first-order valence-corrected chi connectivity index (χ1v) is 4.43. The van der Waals surface area contributed by atoms with E-state index < -0.39 is 5.97 Å². The van der Waals surface area contributed by atoms with E-state index in [4.69, 9.17) is 0 Å². The summed E-state index contributed by atoms with van der Waals surface area (Å²) < 4.78 is 0. The molecular formula is C9H17O2. The van der Waals surface area contributed by atoms with Gasteiger partial charge in [-0.05, 0) is 12.8 Å². The van der Waals surface area contributed by atoms with Crippen LogP contribution in [0.2, 0.25) is 0 Å². The summed E-state index contributed by atoms with van der Waals surface area (Å²) in [6.45, 7) is 4.01. The zero-order valence-electron chi connectivity index (χ0n) is 7.43. The van der Waals surface area contributed by atoms with Gasteiger partial charge in [0.15, 0.2) is 0 Å². The van der Waals surface area contributed by atoms with Crippen LogP contribution in [0.1, 0.15) is 46.0 Å². The van der Waals surface area contributed by atoms with Crippen LogP contribution < -0.4 is 0 Å². The molecule has 2 heteroatoms. The summed E-state index contributed by atoms with van der Waals surface area (Å²) in [4.78, 5) is 10.4. The first kappa shape index (κ1) is 10.5. The minimum Gasteiger partial charge on any atom is -0.247 e. The summed E-state index contributed by atoms with van der Waals surface area (Å²) in [6.07, 6.45) is 4.77. The van der Waals surface area contributed by atoms with E-state index in [1.807, 2.05) is 6.92 Å². The minimum absolute atomic E-state index is 0.221. The zero-order chi connectivity index (χ0) is 8.69. The van der Waals surface area contributed by atoms with Crippen LogP contribution in [-0.4, -0.2) is 5.97 Å². The van der Waals surface area contributed by atoms with Crippen LogP contribution in [-0.2, 0) is 9.90 Å². The average Bonchev–Trinajstić information content (AvgIpc) is 1.97. The van der Waals surface area contributed by atoms with Crippen LogP contribution in [0.15, 0.2) is 0 Å². The molecular weight excluding hydrogens is 140 g/mol. The fourth-order valence-electron chi connectivity index (χ4n) is 1.13. The lowest BCUT2D eigenvalue weighted by Gasteiger charge is -2.05. The summed E-state index contributed by atoms with van der Waals surface area (Å²) in [5, 5.41) is 10.4. The van der Waals surface area contributed by atoms with Crippen LogP contribution in [0, 0.1) is 5.92 Å². The van der Waals surface area contributed by atoms with E-state index in [0.717, 1.165) is 25.7 Å². The summed E-state index contributed by atoms with van der Waals surface area (Å²) in [5.41, 5.74) is 0. The van der Waals surface area contributed by atoms with Crippen molar-refractivity contribution in [2.24, 2.45) is 5.92 Å². The van der Waals surface area contributed by atoms with Gasteiger partial charge >= 0.3 is 5.97 Å². The molecule has 0 aromatic heterocycles. The van der Waals surface area contributed by atoms with E-state index in [0.29, 0.717) is 6.42 Å². The maximum atomic E-state index is 10.4. The monoisotopic (exact) mass is 157 g/mol. The highest BCUT2D eigenvalue weighted by Crippen LogP contribution is 2.13. The number of carbonyl (C=O) groups excluding carboxylic acids is 1. The lowest BCUT2D eigenvalue weighted by molar-refractivity contribution is -0.148. The summed E-state index contributed by atoms with van der Waals surface area (Å²) in [7, 11) is 0. The zero-order valence-corrected chi connectivity index (χ0v) is 7.43. The average molecular weight is 157 g/mol. The molecule has 1 radical (unpaired) electrons. The SMILES string of the molecule is CCCCCC(CC)C([O])=O. The first-order chi connectivity index (χ1) is 5.22. The van der Waals surface area contributed by atoms with Crippen LogP contribution in [0.3, 0.4) is 0 Å². The molecule has 0 saturated heterocycles. The topological polar surface area (TPSA) is 37.0 Å². The van der Waals surface area contributed by atoms with Gasteiger partial charge in [0.05, 0.1) is 5.92 Å². The third kappa shape index (κ3) is 4.82. The predicted molar refractivity (Wildman–Crippen MR) is 43.6 cm³/mol. The molecule has 65 valence electrons. The van der Waals surface area contributed by atoms with Gasteiger partial charge in [-0.15, -0.1) is 0 Å². The van der Waals surface area contributed by atoms with Crippen molar-refractivity contribution in [1.29, 1.82) is 0 Å². The van der Waals surface area contributed by atoms with Crippen molar-refractivity contribution < 1.29 is 9.90 Å². The predicted octanol–water partition coefficient (Wildman–Crippen LogP) is 2.55. The van der Waals surface area contributed by atoms with Crippen LogP contribution in [0.4, 0.5) is 0 Å². The van der Waals surface area contributed by atoms with Crippen molar-refractivity contribution in [1.82, 2.24) is 0 Å². The standard InChI is InChI=1S/C9H17O2/c1-3-5-6-7-8(4-2)9(10)11/h8H,3-7H2,1-2H3. The first-order valence-electron chi connectivity index (χ1n) is 4.43. The maximum absolute atomic E-state index is 10.4. The van der Waals surface area contributed by atoms with Crippen molar-refractivity contribution in [3.05, 3.63) is 0 Å². The molecule has 0 heterocycles. The molecule has 0 bridgehead atoms. The Labute approximate surface area is 68.6 Å². The number of hydrogen-bond donors (Lipinski definition) is 0. The fraction of sp³-hybridized carbons (Fsp3) is 0.889. The summed E-state index contributed by atoms with van der Waals surface area (Å²) in [6, 6.07) is 0. The Morgan fingerprint density at radius 1 is 1.27 bits per heavy atom. The van der Waals surface area contributed by atoms with Gasteiger partial charge in [-0.1, -0.05) is 33.1 Å². The molecule has 0 aliphatic heterocycles. The Balaban J connectivity index is 3.44. The van der Waals surface area contributed by atoms with E-state index in [9.17, 15) is 9.90 Å². The van der Waals surface area contributed by atoms with Crippen molar-refractivity contribution in [2.45, 2.75) is 46.0 Å². The molecule has 0 rings (SSSR count). The molecule has 0 spiro atoms. The normalized spacial score (nSPS) is 12.9. The molecule has 11 heavy (non-hydrogen) atoms. The van der Waals surface area contributed by atoms with E-state index in [1.54, 1.807) is 0 Å². The molecule has 0 aliphatic carbocycles. The largest absolute Gasteiger partial charge is 0.358 e. The Hall–Kier alpha value is -0.530. The fourth-order valence-corrected chi connectivity index (χ4v) is 1.13. The minimum atomic E-state index is -0.886. The van der Waals surface area contributed by atoms with Gasteiger partial charge in [-0.2, -0.15) is 0 Å². The van der Waals surface area contributed by atoms with Crippen LogP contribution in [0.25, 0.3) is 0 Å².